The van der Waals surface area contributed by atoms with Gasteiger partial charge in [0.1, 0.15) is 0 Å². The Bertz CT molecular complexity index is 719. The van der Waals surface area contributed by atoms with Gasteiger partial charge in [-0.3, -0.25) is 14.8 Å². The van der Waals surface area contributed by atoms with Crippen LogP contribution in [0.3, 0.4) is 0 Å². The zero-order chi connectivity index (χ0) is 16.8. The number of nitrogens with one attached hydrogen (secondary N) is 2. The third-order valence-electron chi connectivity index (χ3n) is 3.17. The summed E-state index contributed by atoms with van der Waals surface area (Å²) in [5, 5.41) is 30.5. The van der Waals surface area contributed by atoms with E-state index in [1.54, 1.807) is 0 Å². The predicted octanol–water partition coefficient (Wildman–Crippen LogP) is 0.329. The molecular weight excluding hydrogens is 302 g/mol. The third kappa shape index (κ3) is 3.62. The Labute approximate surface area is 131 Å². The number of carbonyl (C=O) groups excluding carboxylic acids is 2. The molecule has 2 amide bonds. The minimum atomic E-state index is -1.05. The molecule has 0 unspecified atom stereocenters. The van der Waals surface area contributed by atoms with Crippen molar-refractivity contribution < 1.29 is 25.0 Å². The third-order valence-corrected chi connectivity index (χ3v) is 3.17. The van der Waals surface area contributed by atoms with Crippen molar-refractivity contribution in [1.82, 2.24) is 15.8 Å². The highest BCUT2D eigenvalue weighted by Gasteiger charge is 2.22. The number of aliphatic hydroxyl groups excluding tert-OH is 1. The minimum absolute atomic E-state index is 0.0598. The molecule has 0 atom stereocenters. The molecule has 1 aromatic heterocycles. The molecule has 1 aromatic carbocycles. The lowest BCUT2D eigenvalue weighted by molar-refractivity contribution is 0.0696. The van der Waals surface area contributed by atoms with Crippen molar-refractivity contribution in [1.29, 1.82) is 0 Å². The lowest BCUT2D eigenvalue weighted by Crippen LogP contribution is -2.26. The van der Waals surface area contributed by atoms with E-state index < -0.39 is 29.9 Å². The van der Waals surface area contributed by atoms with Crippen LogP contribution in [0.2, 0.25) is 0 Å². The van der Waals surface area contributed by atoms with Crippen molar-refractivity contribution in [2.45, 2.75) is 13.2 Å². The van der Waals surface area contributed by atoms with Gasteiger partial charge in [-0.1, -0.05) is 30.3 Å². The summed E-state index contributed by atoms with van der Waals surface area (Å²) in [6.07, 6.45) is 1.05. The number of hydrogen-bond donors (Lipinski definition) is 5. The summed E-state index contributed by atoms with van der Waals surface area (Å²) >= 11 is 0. The standard InChI is InChI=1S/C15H15N3O5/c19-8-11-10(7-16-12(13(11)20)15(22)18-23)14(21)17-6-9-4-2-1-3-5-9/h1-5,7,19-20,23H,6,8H2,(H,17,21)(H,18,22). The first-order chi connectivity index (χ1) is 11.1. The maximum absolute atomic E-state index is 12.2. The summed E-state index contributed by atoms with van der Waals surface area (Å²) in [5.74, 6) is -2.27. The van der Waals surface area contributed by atoms with Gasteiger partial charge in [-0.25, -0.2) is 10.5 Å². The second-order valence-electron chi connectivity index (χ2n) is 4.61. The molecule has 120 valence electrons. The molecule has 0 aliphatic carbocycles. The van der Waals surface area contributed by atoms with Crippen LogP contribution in [0, 0.1) is 0 Å². The molecule has 8 heteroatoms. The number of hydrogen-bond acceptors (Lipinski definition) is 6. The molecule has 1 heterocycles. The lowest BCUT2D eigenvalue weighted by Gasteiger charge is -2.12. The molecule has 5 N–H and O–H groups in total. The van der Waals surface area contributed by atoms with E-state index in [4.69, 9.17) is 5.21 Å². The van der Waals surface area contributed by atoms with Crippen molar-refractivity contribution in [2.75, 3.05) is 0 Å². The highest BCUT2D eigenvalue weighted by Crippen LogP contribution is 2.24. The van der Waals surface area contributed by atoms with Crippen LogP contribution >= 0.6 is 0 Å². The Morgan fingerprint density at radius 1 is 1.13 bits per heavy atom. The largest absolute Gasteiger partial charge is 0.505 e. The Hall–Kier alpha value is -2.97. The fraction of sp³-hybridized carbons (Fsp3) is 0.133. The van der Waals surface area contributed by atoms with E-state index in [0.717, 1.165) is 11.8 Å². The molecule has 0 saturated heterocycles. The molecular formula is C15H15N3O5. The molecule has 0 fully saturated rings. The number of pyridine rings is 1. The van der Waals surface area contributed by atoms with Crippen LogP contribution in [0.25, 0.3) is 0 Å². The van der Waals surface area contributed by atoms with Gasteiger partial charge in [0.25, 0.3) is 11.8 Å². The van der Waals surface area contributed by atoms with Crippen LogP contribution in [-0.4, -0.2) is 32.2 Å². The number of aliphatic hydroxyl groups is 1. The number of carbonyl (C=O) groups is 2. The number of amides is 2. The molecule has 0 saturated carbocycles. The second kappa shape index (κ2) is 7.34. The van der Waals surface area contributed by atoms with E-state index in [1.807, 2.05) is 30.3 Å². The summed E-state index contributed by atoms with van der Waals surface area (Å²) in [6, 6.07) is 9.17. The summed E-state index contributed by atoms with van der Waals surface area (Å²) in [6.45, 7) is -0.418. The summed E-state index contributed by atoms with van der Waals surface area (Å²) in [4.78, 5) is 27.1. The normalized spacial score (nSPS) is 10.2. The van der Waals surface area contributed by atoms with Crippen LogP contribution in [0.15, 0.2) is 36.5 Å². The molecule has 2 rings (SSSR count). The molecule has 0 aliphatic rings. The number of rotatable bonds is 5. The van der Waals surface area contributed by atoms with Gasteiger partial charge in [0.15, 0.2) is 11.4 Å². The van der Waals surface area contributed by atoms with Crippen LogP contribution in [-0.2, 0) is 13.2 Å². The number of hydroxylamine groups is 1. The highest BCUT2D eigenvalue weighted by molar-refractivity contribution is 5.99. The van der Waals surface area contributed by atoms with Gasteiger partial charge in [-0.05, 0) is 5.56 Å². The Balaban J connectivity index is 2.23. The summed E-state index contributed by atoms with van der Waals surface area (Å²) in [7, 11) is 0. The van der Waals surface area contributed by atoms with Gasteiger partial charge in [0, 0.05) is 18.3 Å². The van der Waals surface area contributed by atoms with Crippen molar-refractivity contribution in [3.8, 4) is 5.75 Å². The fourth-order valence-electron chi connectivity index (χ4n) is 1.99. The zero-order valence-electron chi connectivity index (χ0n) is 12.0. The summed E-state index contributed by atoms with van der Waals surface area (Å²) < 4.78 is 0. The number of aromatic nitrogens is 1. The van der Waals surface area contributed by atoms with E-state index in [2.05, 4.69) is 10.3 Å². The van der Waals surface area contributed by atoms with E-state index in [0.29, 0.717) is 0 Å². The smallest absolute Gasteiger partial charge is 0.297 e. The molecule has 0 spiro atoms. The van der Waals surface area contributed by atoms with Crippen LogP contribution in [0.1, 0.15) is 32.0 Å². The molecule has 0 aliphatic heterocycles. The van der Waals surface area contributed by atoms with Crippen LogP contribution < -0.4 is 10.8 Å². The van der Waals surface area contributed by atoms with Crippen molar-refractivity contribution in [2.24, 2.45) is 0 Å². The van der Waals surface area contributed by atoms with Crippen molar-refractivity contribution >= 4 is 11.8 Å². The van der Waals surface area contributed by atoms with Crippen molar-refractivity contribution in [3.63, 3.8) is 0 Å². The molecule has 2 aromatic rings. The van der Waals surface area contributed by atoms with Gasteiger partial charge in [-0.15, -0.1) is 0 Å². The number of nitrogens with zero attached hydrogens (tertiary/aromatic N) is 1. The van der Waals surface area contributed by atoms with Crippen LogP contribution in [0.5, 0.6) is 5.75 Å². The van der Waals surface area contributed by atoms with E-state index in [1.165, 1.54) is 5.48 Å². The van der Waals surface area contributed by atoms with Crippen LogP contribution in [0.4, 0.5) is 0 Å². The van der Waals surface area contributed by atoms with Gasteiger partial charge < -0.3 is 15.5 Å². The van der Waals surface area contributed by atoms with Gasteiger partial charge >= 0.3 is 0 Å². The number of benzene rings is 1. The molecule has 8 nitrogen and oxygen atoms in total. The second-order valence-corrected chi connectivity index (χ2v) is 4.61. The maximum atomic E-state index is 12.2. The van der Waals surface area contributed by atoms with Gasteiger partial charge in [0.05, 0.1) is 12.2 Å². The van der Waals surface area contributed by atoms with Crippen molar-refractivity contribution in [3.05, 3.63) is 58.9 Å². The zero-order valence-corrected chi connectivity index (χ0v) is 12.0. The Morgan fingerprint density at radius 2 is 1.83 bits per heavy atom. The Kier molecular flexibility index (Phi) is 5.23. The highest BCUT2D eigenvalue weighted by atomic mass is 16.5. The predicted molar refractivity (Wildman–Crippen MR) is 78.7 cm³/mol. The quantitative estimate of drug-likeness (QED) is 0.399. The molecule has 23 heavy (non-hydrogen) atoms. The van der Waals surface area contributed by atoms with Gasteiger partial charge in [-0.2, -0.15) is 0 Å². The first-order valence-corrected chi connectivity index (χ1v) is 6.66. The van der Waals surface area contributed by atoms with E-state index in [9.17, 15) is 19.8 Å². The molecule has 0 radical (unpaired) electrons. The first kappa shape index (κ1) is 16.4. The average molecular weight is 317 g/mol. The van der Waals surface area contributed by atoms with E-state index in [-0.39, 0.29) is 17.7 Å². The minimum Gasteiger partial charge on any atom is -0.505 e. The summed E-state index contributed by atoms with van der Waals surface area (Å²) in [5.41, 5.74) is 1.50. The first-order valence-electron chi connectivity index (χ1n) is 6.66. The number of aromatic hydroxyl groups is 1. The van der Waals surface area contributed by atoms with Gasteiger partial charge in [0.2, 0.25) is 0 Å². The SMILES string of the molecule is O=C(NCc1ccccc1)c1cnc(C(=O)NO)c(O)c1CO. The van der Waals surface area contributed by atoms with E-state index >= 15 is 0 Å². The lowest BCUT2D eigenvalue weighted by atomic mass is 10.1. The average Bonchev–Trinajstić information content (AvgIpc) is 2.59. The maximum Gasteiger partial charge on any atom is 0.297 e. The molecule has 0 bridgehead atoms. The topological polar surface area (TPSA) is 132 Å². The Morgan fingerprint density at radius 3 is 2.43 bits per heavy atom. The fourth-order valence-corrected chi connectivity index (χ4v) is 1.99. The monoisotopic (exact) mass is 317 g/mol.